The molecule has 0 aliphatic carbocycles. The molecule has 2 unspecified atom stereocenters. The van der Waals surface area contributed by atoms with Crippen molar-refractivity contribution in [3.8, 4) is 0 Å². The summed E-state index contributed by atoms with van der Waals surface area (Å²) in [7, 11) is 0. The highest BCUT2D eigenvalue weighted by atomic mass is 16.5. The standard InChI is InChI=1S/C16H32N2O3/c1-11(2)14(18-12-6-8-21-9-7-12)15(20)17-10-13(19)16(3,4)5/h11-14,18-19H,6-10H2,1-5H3,(H,17,20). The molecule has 5 heteroatoms. The van der Waals surface area contributed by atoms with Crippen molar-refractivity contribution in [1.82, 2.24) is 10.6 Å². The molecule has 124 valence electrons. The van der Waals surface area contributed by atoms with Crippen LogP contribution in [0.1, 0.15) is 47.5 Å². The van der Waals surface area contributed by atoms with Crippen LogP contribution in [0.4, 0.5) is 0 Å². The lowest BCUT2D eigenvalue weighted by atomic mass is 9.89. The Kier molecular flexibility index (Phi) is 7.10. The van der Waals surface area contributed by atoms with Gasteiger partial charge in [-0.15, -0.1) is 0 Å². The van der Waals surface area contributed by atoms with Crippen LogP contribution in [0.5, 0.6) is 0 Å². The molecule has 2 atom stereocenters. The number of carbonyl (C=O) groups is 1. The quantitative estimate of drug-likeness (QED) is 0.691. The third-order valence-electron chi connectivity index (χ3n) is 4.06. The van der Waals surface area contributed by atoms with Crippen molar-refractivity contribution in [2.24, 2.45) is 11.3 Å². The van der Waals surface area contributed by atoms with E-state index in [1.54, 1.807) is 0 Å². The van der Waals surface area contributed by atoms with Crippen LogP contribution >= 0.6 is 0 Å². The Morgan fingerprint density at radius 2 is 1.86 bits per heavy atom. The number of hydrogen-bond donors (Lipinski definition) is 3. The fraction of sp³-hybridized carbons (Fsp3) is 0.938. The first-order valence-electron chi connectivity index (χ1n) is 8.01. The number of ether oxygens (including phenoxy) is 1. The van der Waals surface area contributed by atoms with Gasteiger partial charge in [-0.1, -0.05) is 34.6 Å². The molecule has 1 heterocycles. The minimum atomic E-state index is -0.544. The number of rotatable bonds is 6. The second kappa shape index (κ2) is 8.11. The van der Waals surface area contributed by atoms with Gasteiger partial charge in [-0.3, -0.25) is 4.79 Å². The molecule has 1 fully saturated rings. The van der Waals surface area contributed by atoms with E-state index >= 15 is 0 Å². The lowest BCUT2D eigenvalue weighted by Crippen LogP contribution is -2.53. The highest BCUT2D eigenvalue weighted by Crippen LogP contribution is 2.18. The number of aliphatic hydroxyl groups is 1. The topological polar surface area (TPSA) is 70.6 Å². The summed E-state index contributed by atoms with van der Waals surface area (Å²) in [5.74, 6) is 0.180. The highest BCUT2D eigenvalue weighted by molar-refractivity contribution is 5.82. The molecule has 0 radical (unpaired) electrons. The van der Waals surface area contributed by atoms with Gasteiger partial charge in [0.25, 0.3) is 0 Å². The van der Waals surface area contributed by atoms with Crippen LogP contribution in [0, 0.1) is 11.3 Å². The largest absolute Gasteiger partial charge is 0.391 e. The van der Waals surface area contributed by atoms with E-state index in [2.05, 4.69) is 10.6 Å². The predicted molar refractivity (Wildman–Crippen MR) is 84.1 cm³/mol. The molecule has 21 heavy (non-hydrogen) atoms. The number of amides is 1. The average molecular weight is 300 g/mol. The van der Waals surface area contributed by atoms with E-state index in [1.807, 2.05) is 34.6 Å². The summed E-state index contributed by atoms with van der Waals surface area (Å²) in [6.45, 7) is 11.8. The monoisotopic (exact) mass is 300 g/mol. The molecule has 1 aliphatic heterocycles. The van der Waals surface area contributed by atoms with Crippen molar-refractivity contribution in [3.63, 3.8) is 0 Å². The second-order valence-corrected chi connectivity index (χ2v) is 7.40. The van der Waals surface area contributed by atoms with Crippen LogP contribution in [0.25, 0.3) is 0 Å². The van der Waals surface area contributed by atoms with Crippen LogP contribution in [0.15, 0.2) is 0 Å². The summed E-state index contributed by atoms with van der Waals surface area (Å²) in [4.78, 5) is 12.4. The molecule has 0 aromatic heterocycles. The number of aliphatic hydroxyl groups excluding tert-OH is 1. The normalized spacial score (nSPS) is 20.3. The van der Waals surface area contributed by atoms with E-state index in [-0.39, 0.29) is 23.3 Å². The van der Waals surface area contributed by atoms with Crippen molar-refractivity contribution < 1.29 is 14.6 Å². The highest BCUT2D eigenvalue weighted by Gasteiger charge is 2.28. The van der Waals surface area contributed by atoms with E-state index in [4.69, 9.17) is 4.74 Å². The summed E-state index contributed by atoms with van der Waals surface area (Å²) in [5.41, 5.74) is -0.227. The maximum Gasteiger partial charge on any atom is 0.237 e. The molecule has 1 amide bonds. The van der Waals surface area contributed by atoms with Crippen molar-refractivity contribution in [3.05, 3.63) is 0 Å². The molecule has 0 bridgehead atoms. The predicted octanol–water partition coefficient (Wildman–Crippen LogP) is 1.30. The van der Waals surface area contributed by atoms with Gasteiger partial charge in [0.2, 0.25) is 5.91 Å². The Labute approximate surface area is 128 Å². The van der Waals surface area contributed by atoms with Gasteiger partial charge in [-0.25, -0.2) is 0 Å². The summed E-state index contributed by atoms with van der Waals surface area (Å²) >= 11 is 0. The van der Waals surface area contributed by atoms with Gasteiger partial charge in [0.1, 0.15) is 0 Å². The smallest absolute Gasteiger partial charge is 0.237 e. The van der Waals surface area contributed by atoms with Crippen LogP contribution in [0.2, 0.25) is 0 Å². The van der Waals surface area contributed by atoms with E-state index in [9.17, 15) is 9.90 Å². The molecule has 0 aromatic carbocycles. The molecule has 3 N–H and O–H groups in total. The van der Waals surface area contributed by atoms with Gasteiger partial charge in [-0.05, 0) is 24.2 Å². The van der Waals surface area contributed by atoms with Gasteiger partial charge in [-0.2, -0.15) is 0 Å². The first-order valence-corrected chi connectivity index (χ1v) is 8.01. The summed E-state index contributed by atoms with van der Waals surface area (Å²) in [5, 5.41) is 16.3. The maximum atomic E-state index is 12.4. The van der Waals surface area contributed by atoms with Gasteiger partial charge < -0.3 is 20.5 Å². The molecule has 1 aliphatic rings. The molecule has 0 saturated carbocycles. The SMILES string of the molecule is CC(C)C(NC1CCOCC1)C(=O)NCC(O)C(C)(C)C. The average Bonchev–Trinajstić information content (AvgIpc) is 2.41. The third kappa shape index (κ3) is 6.32. The molecule has 0 aromatic rings. The number of carbonyl (C=O) groups excluding carboxylic acids is 1. The zero-order valence-electron chi connectivity index (χ0n) is 14.1. The van der Waals surface area contributed by atoms with Gasteiger partial charge in [0, 0.05) is 25.8 Å². The minimum Gasteiger partial charge on any atom is -0.391 e. The Hall–Kier alpha value is -0.650. The van der Waals surface area contributed by atoms with E-state index in [0.717, 1.165) is 26.1 Å². The molecule has 5 nitrogen and oxygen atoms in total. The lowest BCUT2D eigenvalue weighted by molar-refractivity contribution is -0.125. The molecule has 0 spiro atoms. The number of hydrogen-bond acceptors (Lipinski definition) is 4. The Balaban J connectivity index is 2.49. The van der Waals surface area contributed by atoms with Crippen LogP contribution in [-0.2, 0) is 9.53 Å². The van der Waals surface area contributed by atoms with E-state index in [1.165, 1.54) is 0 Å². The Bertz CT molecular complexity index is 320. The minimum absolute atomic E-state index is 0.0280. The van der Waals surface area contributed by atoms with E-state index in [0.29, 0.717) is 12.6 Å². The van der Waals surface area contributed by atoms with Crippen molar-refractivity contribution in [2.45, 2.75) is 65.6 Å². The number of nitrogens with one attached hydrogen (secondary N) is 2. The maximum absolute atomic E-state index is 12.4. The Morgan fingerprint density at radius 3 is 2.33 bits per heavy atom. The van der Waals surface area contributed by atoms with Crippen LogP contribution < -0.4 is 10.6 Å². The molecular weight excluding hydrogens is 268 g/mol. The second-order valence-electron chi connectivity index (χ2n) is 7.40. The summed E-state index contributed by atoms with van der Waals surface area (Å²) in [6.07, 6.45) is 1.35. The molecule has 1 rings (SSSR count). The Morgan fingerprint density at radius 1 is 1.29 bits per heavy atom. The van der Waals surface area contributed by atoms with Crippen LogP contribution in [-0.4, -0.2) is 49.0 Å². The fourth-order valence-electron chi connectivity index (χ4n) is 2.30. The first kappa shape index (κ1) is 18.4. The zero-order valence-corrected chi connectivity index (χ0v) is 14.1. The van der Waals surface area contributed by atoms with Gasteiger partial charge >= 0.3 is 0 Å². The third-order valence-corrected chi connectivity index (χ3v) is 4.06. The summed E-state index contributed by atoms with van der Waals surface area (Å²) < 4.78 is 5.35. The summed E-state index contributed by atoms with van der Waals surface area (Å²) in [6, 6.07) is 0.115. The van der Waals surface area contributed by atoms with Crippen molar-refractivity contribution >= 4 is 5.91 Å². The molecule has 1 saturated heterocycles. The van der Waals surface area contributed by atoms with E-state index < -0.39 is 6.10 Å². The van der Waals surface area contributed by atoms with Crippen molar-refractivity contribution in [1.29, 1.82) is 0 Å². The molecular formula is C16H32N2O3. The first-order chi connectivity index (χ1) is 9.71. The zero-order chi connectivity index (χ0) is 16.0. The lowest BCUT2D eigenvalue weighted by Gasteiger charge is -2.31. The van der Waals surface area contributed by atoms with Crippen molar-refractivity contribution in [2.75, 3.05) is 19.8 Å². The van der Waals surface area contributed by atoms with Gasteiger partial charge in [0.05, 0.1) is 12.1 Å². The van der Waals surface area contributed by atoms with Crippen LogP contribution in [0.3, 0.4) is 0 Å². The fourth-order valence-corrected chi connectivity index (χ4v) is 2.30. The van der Waals surface area contributed by atoms with Gasteiger partial charge in [0.15, 0.2) is 0 Å².